The van der Waals surface area contributed by atoms with Gasteiger partial charge in [0.25, 0.3) is 0 Å². The summed E-state index contributed by atoms with van der Waals surface area (Å²) in [6.45, 7) is 9.61. The van der Waals surface area contributed by atoms with Crippen molar-refractivity contribution in [2.24, 2.45) is 0 Å². The summed E-state index contributed by atoms with van der Waals surface area (Å²) in [6, 6.07) is 14.4. The SMILES string of the molecule is C=Cc1ccc(OC(CCCC)C(=O)OC(C)(C)CC=Cc2ccc(O)cc2)cc1. The summed E-state index contributed by atoms with van der Waals surface area (Å²) in [5.41, 5.74) is 1.31. The van der Waals surface area contributed by atoms with Crippen LogP contribution in [0.2, 0.25) is 0 Å². The summed E-state index contributed by atoms with van der Waals surface area (Å²) in [6.07, 6.45) is 8.07. The average molecular weight is 409 g/mol. The monoisotopic (exact) mass is 408 g/mol. The third-order valence-corrected chi connectivity index (χ3v) is 4.67. The molecule has 0 bridgehead atoms. The highest BCUT2D eigenvalue weighted by Crippen LogP contribution is 2.22. The van der Waals surface area contributed by atoms with E-state index in [9.17, 15) is 9.90 Å². The molecule has 2 aromatic carbocycles. The molecule has 1 atom stereocenters. The number of ether oxygens (including phenoxy) is 2. The number of carbonyl (C=O) groups excluding carboxylic acids is 1. The van der Waals surface area contributed by atoms with Gasteiger partial charge in [-0.25, -0.2) is 4.79 Å². The van der Waals surface area contributed by atoms with Crippen LogP contribution in [0, 0.1) is 0 Å². The molecule has 0 aliphatic rings. The minimum absolute atomic E-state index is 0.235. The highest BCUT2D eigenvalue weighted by atomic mass is 16.6. The minimum atomic E-state index is -0.662. The highest BCUT2D eigenvalue weighted by Gasteiger charge is 2.28. The number of hydrogen-bond donors (Lipinski definition) is 1. The highest BCUT2D eigenvalue weighted by molar-refractivity contribution is 5.75. The van der Waals surface area contributed by atoms with Crippen molar-refractivity contribution in [1.29, 1.82) is 0 Å². The predicted octanol–water partition coefficient (Wildman–Crippen LogP) is 6.40. The van der Waals surface area contributed by atoms with Gasteiger partial charge >= 0.3 is 5.97 Å². The second kappa shape index (κ2) is 11.2. The van der Waals surface area contributed by atoms with Gasteiger partial charge in [0, 0.05) is 6.42 Å². The Labute approximate surface area is 179 Å². The Morgan fingerprint density at radius 1 is 1.10 bits per heavy atom. The van der Waals surface area contributed by atoms with Crippen LogP contribution in [0.1, 0.15) is 57.6 Å². The maximum absolute atomic E-state index is 12.8. The fourth-order valence-electron chi connectivity index (χ4n) is 2.91. The molecule has 0 fully saturated rings. The molecule has 0 radical (unpaired) electrons. The Hall–Kier alpha value is -3.01. The van der Waals surface area contributed by atoms with Gasteiger partial charge in [-0.2, -0.15) is 0 Å². The van der Waals surface area contributed by atoms with E-state index < -0.39 is 11.7 Å². The van der Waals surface area contributed by atoms with E-state index in [-0.39, 0.29) is 11.7 Å². The van der Waals surface area contributed by atoms with Crippen LogP contribution >= 0.6 is 0 Å². The second-order valence-corrected chi connectivity index (χ2v) is 7.90. The van der Waals surface area contributed by atoms with Gasteiger partial charge in [0.1, 0.15) is 17.1 Å². The molecular formula is C26H32O4. The van der Waals surface area contributed by atoms with Crippen LogP contribution in [0.15, 0.2) is 61.2 Å². The topological polar surface area (TPSA) is 55.8 Å². The second-order valence-electron chi connectivity index (χ2n) is 7.90. The van der Waals surface area contributed by atoms with Crippen molar-refractivity contribution in [2.45, 2.75) is 58.2 Å². The Kier molecular flexibility index (Phi) is 8.72. The summed E-state index contributed by atoms with van der Waals surface area (Å²) in [4.78, 5) is 12.8. The summed E-state index contributed by atoms with van der Waals surface area (Å²) >= 11 is 0. The molecule has 0 aliphatic carbocycles. The zero-order valence-corrected chi connectivity index (χ0v) is 18.1. The van der Waals surface area contributed by atoms with Crippen molar-refractivity contribution in [3.63, 3.8) is 0 Å². The molecule has 0 aliphatic heterocycles. The summed E-state index contributed by atoms with van der Waals surface area (Å²) in [5.74, 6) is 0.529. The van der Waals surface area contributed by atoms with Gasteiger partial charge in [-0.15, -0.1) is 0 Å². The lowest BCUT2D eigenvalue weighted by Crippen LogP contribution is -2.36. The molecule has 1 unspecified atom stereocenters. The first kappa shape index (κ1) is 23.3. The maximum atomic E-state index is 12.8. The predicted molar refractivity (Wildman–Crippen MR) is 122 cm³/mol. The lowest BCUT2D eigenvalue weighted by molar-refractivity contribution is -0.165. The first-order chi connectivity index (χ1) is 14.3. The van der Waals surface area contributed by atoms with Gasteiger partial charge in [-0.1, -0.05) is 62.4 Å². The Morgan fingerprint density at radius 2 is 1.73 bits per heavy atom. The van der Waals surface area contributed by atoms with Crippen LogP contribution < -0.4 is 4.74 Å². The fourth-order valence-corrected chi connectivity index (χ4v) is 2.91. The van der Waals surface area contributed by atoms with Crippen molar-refractivity contribution in [3.05, 3.63) is 72.3 Å². The molecular weight excluding hydrogens is 376 g/mol. The van der Waals surface area contributed by atoms with Gasteiger partial charge in [-0.3, -0.25) is 0 Å². The number of phenolic OH excluding ortho intramolecular Hbond substituents is 1. The number of carbonyl (C=O) groups is 1. The van der Waals surface area contributed by atoms with Crippen LogP contribution in [0.25, 0.3) is 12.2 Å². The van der Waals surface area contributed by atoms with E-state index in [0.29, 0.717) is 18.6 Å². The molecule has 4 heteroatoms. The number of rotatable bonds is 11. The van der Waals surface area contributed by atoms with Crippen molar-refractivity contribution in [3.8, 4) is 11.5 Å². The van der Waals surface area contributed by atoms with E-state index in [2.05, 4.69) is 13.5 Å². The molecule has 2 aromatic rings. The Balaban J connectivity index is 1.98. The van der Waals surface area contributed by atoms with Crippen LogP contribution in [-0.2, 0) is 9.53 Å². The molecule has 160 valence electrons. The van der Waals surface area contributed by atoms with Gasteiger partial charge in [0.15, 0.2) is 6.10 Å². The van der Waals surface area contributed by atoms with Crippen molar-refractivity contribution in [1.82, 2.24) is 0 Å². The zero-order valence-electron chi connectivity index (χ0n) is 18.1. The van der Waals surface area contributed by atoms with Crippen LogP contribution in [0.3, 0.4) is 0 Å². The third-order valence-electron chi connectivity index (χ3n) is 4.67. The maximum Gasteiger partial charge on any atom is 0.347 e. The number of hydrogen-bond acceptors (Lipinski definition) is 4. The van der Waals surface area contributed by atoms with E-state index in [1.165, 1.54) is 0 Å². The number of unbranched alkanes of at least 4 members (excludes halogenated alkanes) is 1. The largest absolute Gasteiger partial charge is 0.508 e. The van der Waals surface area contributed by atoms with E-state index in [4.69, 9.17) is 9.47 Å². The van der Waals surface area contributed by atoms with Gasteiger partial charge in [-0.05, 0) is 62.1 Å². The van der Waals surface area contributed by atoms with Crippen molar-refractivity contribution >= 4 is 18.1 Å². The number of esters is 1. The van der Waals surface area contributed by atoms with E-state index >= 15 is 0 Å². The summed E-state index contributed by atoms with van der Waals surface area (Å²) in [7, 11) is 0. The van der Waals surface area contributed by atoms with E-state index in [1.54, 1.807) is 18.2 Å². The molecule has 1 N–H and O–H groups in total. The van der Waals surface area contributed by atoms with Gasteiger partial charge in [0.05, 0.1) is 0 Å². The Morgan fingerprint density at radius 3 is 2.33 bits per heavy atom. The third kappa shape index (κ3) is 7.78. The number of benzene rings is 2. The first-order valence-corrected chi connectivity index (χ1v) is 10.4. The molecule has 4 nitrogen and oxygen atoms in total. The molecule has 0 amide bonds. The molecule has 0 saturated heterocycles. The molecule has 2 rings (SSSR count). The van der Waals surface area contributed by atoms with E-state index in [1.807, 2.05) is 62.4 Å². The number of phenols is 1. The minimum Gasteiger partial charge on any atom is -0.508 e. The lowest BCUT2D eigenvalue weighted by atomic mass is 10.0. The summed E-state index contributed by atoms with van der Waals surface area (Å²) in [5, 5.41) is 9.36. The average Bonchev–Trinajstić information content (AvgIpc) is 2.72. The van der Waals surface area contributed by atoms with E-state index in [0.717, 1.165) is 24.0 Å². The van der Waals surface area contributed by atoms with Crippen LogP contribution in [0.4, 0.5) is 0 Å². The van der Waals surface area contributed by atoms with Gasteiger partial charge < -0.3 is 14.6 Å². The molecule has 0 spiro atoms. The quantitative estimate of drug-likeness (QED) is 0.437. The Bertz CT molecular complexity index is 832. The van der Waals surface area contributed by atoms with Crippen LogP contribution in [-0.4, -0.2) is 22.8 Å². The standard InChI is InChI=1S/C26H32O4/c1-5-7-10-24(29-23-17-13-20(6-2)14-18-23)25(28)30-26(3,4)19-8-9-21-11-15-22(27)16-12-21/h6,8-9,11-18,24,27H,2,5,7,10,19H2,1,3-4H3. The molecule has 0 aromatic heterocycles. The molecule has 0 heterocycles. The zero-order chi connectivity index (χ0) is 22.0. The van der Waals surface area contributed by atoms with Gasteiger partial charge in [0.2, 0.25) is 0 Å². The normalized spacial score (nSPS) is 12.5. The molecule has 30 heavy (non-hydrogen) atoms. The lowest BCUT2D eigenvalue weighted by Gasteiger charge is -2.27. The summed E-state index contributed by atoms with van der Waals surface area (Å²) < 4.78 is 11.8. The van der Waals surface area contributed by atoms with Crippen molar-refractivity contribution in [2.75, 3.05) is 0 Å². The first-order valence-electron chi connectivity index (χ1n) is 10.4. The smallest absolute Gasteiger partial charge is 0.347 e. The molecule has 0 saturated carbocycles. The van der Waals surface area contributed by atoms with Crippen molar-refractivity contribution < 1.29 is 19.4 Å². The van der Waals surface area contributed by atoms with Crippen LogP contribution in [0.5, 0.6) is 11.5 Å². The fraction of sp³-hybridized carbons (Fsp3) is 0.346. The number of aromatic hydroxyl groups is 1.